The van der Waals surface area contributed by atoms with Gasteiger partial charge in [0.25, 0.3) is 0 Å². The number of nitrogens with zero attached hydrogens (tertiary/aromatic N) is 3. The monoisotopic (exact) mass is 393 g/mol. The van der Waals surface area contributed by atoms with Crippen LogP contribution in [0, 0.1) is 0 Å². The van der Waals surface area contributed by atoms with Crippen LogP contribution in [0.2, 0.25) is 0 Å². The van der Waals surface area contributed by atoms with Crippen molar-refractivity contribution in [2.75, 3.05) is 46.9 Å². The van der Waals surface area contributed by atoms with E-state index in [1.807, 2.05) is 18.5 Å². The van der Waals surface area contributed by atoms with E-state index >= 15 is 0 Å². The van der Waals surface area contributed by atoms with Gasteiger partial charge in [-0.05, 0) is 60.8 Å². The van der Waals surface area contributed by atoms with Gasteiger partial charge >= 0.3 is 0 Å². The summed E-state index contributed by atoms with van der Waals surface area (Å²) in [6, 6.07) is 15.1. The molecule has 2 heterocycles. The molecule has 2 aliphatic rings. The van der Waals surface area contributed by atoms with E-state index in [-0.39, 0.29) is 0 Å². The van der Waals surface area contributed by atoms with Gasteiger partial charge in [-0.2, -0.15) is 0 Å². The summed E-state index contributed by atoms with van der Waals surface area (Å²) in [5, 5.41) is 0. The molecule has 1 atom stereocenters. The Morgan fingerprint density at radius 3 is 2.69 bits per heavy atom. The van der Waals surface area contributed by atoms with Gasteiger partial charge in [0.1, 0.15) is 11.5 Å². The molecule has 154 valence electrons. The van der Waals surface area contributed by atoms with E-state index in [1.54, 1.807) is 7.11 Å². The van der Waals surface area contributed by atoms with Gasteiger partial charge in [-0.25, -0.2) is 0 Å². The minimum Gasteiger partial charge on any atom is -0.497 e. The molecule has 2 aliphatic heterocycles. The zero-order chi connectivity index (χ0) is 20.1. The molecule has 0 aliphatic carbocycles. The third-order valence-corrected chi connectivity index (χ3v) is 5.78. The van der Waals surface area contributed by atoms with Gasteiger partial charge in [0.2, 0.25) is 0 Å². The molecule has 0 saturated heterocycles. The molecule has 0 spiro atoms. The number of hydrogen-bond acceptors (Lipinski definition) is 5. The summed E-state index contributed by atoms with van der Waals surface area (Å²) in [4.78, 5) is 9.01. The zero-order valence-electron chi connectivity index (χ0n) is 17.5. The van der Waals surface area contributed by atoms with Crippen LogP contribution in [0.5, 0.6) is 11.5 Å². The van der Waals surface area contributed by atoms with Crippen LogP contribution >= 0.6 is 0 Å². The highest BCUT2D eigenvalue weighted by atomic mass is 16.5. The average molecular weight is 394 g/mol. The van der Waals surface area contributed by atoms with E-state index < -0.39 is 0 Å². The Morgan fingerprint density at radius 2 is 1.93 bits per heavy atom. The number of likely N-dealkylation sites (N-methyl/N-ethyl adjacent to an activating group) is 1. The van der Waals surface area contributed by atoms with Crippen molar-refractivity contribution in [2.45, 2.75) is 25.3 Å². The topological polar surface area (TPSA) is 37.3 Å². The molecule has 0 bridgehead atoms. The number of aliphatic imine (C=N–C) groups is 1. The first-order chi connectivity index (χ1) is 14.2. The van der Waals surface area contributed by atoms with Gasteiger partial charge in [-0.3, -0.25) is 4.99 Å². The predicted octanol–water partition coefficient (Wildman–Crippen LogP) is 3.78. The SMILES string of the molecule is COc1ccc(C2CN(C)Cc3cc(OCCCN4C=NCCC4)ccc32)cc1. The van der Waals surface area contributed by atoms with Gasteiger partial charge in [-0.1, -0.05) is 18.2 Å². The van der Waals surface area contributed by atoms with E-state index in [9.17, 15) is 0 Å². The van der Waals surface area contributed by atoms with E-state index in [0.717, 1.165) is 63.7 Å². The average Bonchev–Trinajstić information content (AvgIpc) is 2.77. The Balaban J connectivity index is 1.40. The predicted molar refractivity (Wildman–Crippen MR) is 117 cm³/mol. The van der Waals surface area contributed by atoms with Crippen LogP contribution in [-0.2, 0) is 6.54 Å². The summed E-state index contributed by atoms with van der Waals surface area (Å²) in [7, 11) is 3.90. The maximum absolute atomic E-state index is 6.06. The fraction of sp³-hybridized carbons (Fsp3) is 0.458. The van der Waals surface area contributed by atoms with Gasteiger partial charge < -0.3 is 19.3 Å². The number of ether oxygens (including phenoxy) is 2. The van der Waals surface area contributed by atoms with Crippen LogP contribution in [0.3, 0.4) is 0 Å². The molecule has 0 amide bonds. The van der Waals surface area contributed by atoms with Crippen molar-refractivity contribution in [1.29, 1.82) is 0 Å². The lowest BCUT2D eigenvalue weighted by Gasteiger charge is -2.33. The summed E-state index contributed by atoms with van der Waals surface area (Å²) in [5.41, 5.74) is 4.10. The molecule has 1 unspecified atom stereocenters. The third-order valence-electron chi connectivity index (χ3n) is 5.78. The molecule has 29 heavy (non-hydrogen) atoms. The highest BCUT2D eigenvalue weighted by Crippen LogP contribution is 2.35. The number of benzene rings is 2. The van der Waals surface area contributed by atoms with Gasteiger partial charge in [-0.15, -0.1) is 0 Å². The number of hydrogen-bond donors (Lipinski definition) is 0. The number of methoxy groups -OCH3 is 1. The van der Waals surface area contributed by atoms with Gasteiger partial charge in [0, 0.05) is 38.6 Å². The molecule has 5 nitrogen and oxygen atoms in total. The quantitative estimate of drug-likeness (QED) is 0.671. The van der Waals surface area contributed by atoms with Crippen LogP contribution in [0.1, 0.15) is 35.4 Å². The zero-order valence-corrected chi connectivity index (χ0v) is 17.5. The molecule has 0 N–H and O–H groups in total. The highest BCUT2D eigenvalue weighted by molar-refractivity contribution is 5.55. The van der Waals surface area contributed by atoms with Crippen molar-refractivity contribution in [3.8, 4) is 11.5 Å². The molecule has 0 aromatic heterocycles. The van der Waals surface area contributed by atoms with E-state index in [1.165, 1.54) is 16.7 Å². The first-order valence-corrected chi connectivity index (χ1v) is 10.5. The smallest absolute Gasteiger partial charge is 0.119 e. The summed E-state index contributed by atoms with van der Waals surface area (Å²) < 4.78 is 11.4. The summed E-state index contributed by atoms with van der Waals surface area (Å²) >= 11 is 0. The second kappa shape index (κ2) is 9.31. The maximum Gasteiger partial charge on any atom is 0.119 e. The van der Waals surface area contributed by atoms with Crippen molar-refractivity contribution >= 4 is 6.34 Å². The number of rotatable bonds is 7. The minimum atomic E-state index is 0.377. The Hall–Kier alpha value is -2.53. The van der Waals surface area contributed by atoms with Gasteiger partial charge in [0.15, 0.2) is 0 Å². The molecule has 5 heteroatoms. The van der Waals surface area contributed by atoms with Crippen molar-refractivity contribution in [3.05, 3.63) is 59.2 Å². The van der Waals surface area contributed by atoms with Crippen LogP contribution in [0.15, 0.2) is 47.5 Å². The molecule has 2 aromatic rings. The fourth-order valence-electron chi connectivity index (χ4n) is 4.26. The van der Waals surface area contributed by atoms with Crippen LogP contribution in [-0.4, -0.2) is 63.1 Å². The second-order valence-electron chi connectivity index (χ2n) is 8.00. The molecule has 0 fully saturated rings. The van der Waals surface area contributed by atoms with Crippen LogP contribution < -0.4 is 9.47 Å². The van der Waals surface area contributed by atoms with E-state index in [0.29, 0.717) is 5.92 Å². The minimum absolute atomic E-state index is 0.377. The Labute approximate surface area is 173 Å². The molecule has 2 aromatic carbocycles. The van der Waals surface area contributed by atoms with Crippen LogP contribution in [0.25, 0.3) is 0 Å². The maximum atomic E-state index is 6.06. The van der Waals surface area contributed by atoms with Crippen molar-refractivity contribution in [1.82, 2.24) is 9.80 Å². The van der Waals surface area contributed by atoms with Crippen molar-refractivity contribution < 1.29 is 9.47 Å². The Bertz CT molecular complexity index is 835. The lowest BCUT2D eigenvalue weighted by atomic mass is 9.84. The first-order valence-electron chi connectivity index (χ1n) is 10.5. The molecule has 4 rings (SSSR count). The molecular weight excluding hydrogens is 362 g/mol. The summed E-state index contributed by atoms with van der Waals surface area (Å²) in [5.74, 6) is 2.25. The second-order valence-corrected chi connectivity index (χ2v) is 8.00. The molecular formula is C24H31N3O2. The largest absolute Gasteiger partial charge is 0.497 e. The van der Waals surface area contributed by atoms with Crippen molar-refractivity contribution in [3.63, 3.8) is 0 Å². The fourth-order valence-corrected chi connectivity index (χ4v) is 4.26. The van der Waals surface area contributed by atoms with Crippen molar-refractivity contribution in [2.24, 2.45) is 4.99 Å². The Morgan fingerprint density at radius 1 is 1.10 bits per heavy atom. The lowest BCUT2D eigenvalue weighted by molar-refractivity contribution is 0.279. The summed E-state index contributed by atoms with van der Waals surface area (Å²) in [6.45, 7) is 5.81. The number of fused-ring (bicyclic) bond motifs is 1. The highest BCUT2D eigenvalue weighted by Gasteiger charge is 2.25. The van der Waals surface area contributed by atoms with E-state index in [4.69, 9.17) is 9.47 Å². The standard InChI is InChI=1S/C24H31N3O2/c1-26-16-20-15-22(29-14-4-13-27-12-3-11-25-18-27)9-10-23(20)24(17-26)19-5-7-21(28-2)8-6-19/h5-10,15,18,24H,3-4,11-14,16-17H2,1-2H3. The lowest BCUT2D eigenvalue weighted by Crippen LogP contribution is -2.31. The van der Waals surface area contributed by atoms with Gasteiger partial charge in [0.05, 0.1) is 20.1 Å². The summed E-state index contributed by atoms with van der Waals surface area (Å²) in [6.07, 6.45) is 4.15. The van der Waals surface area contributed by atoms with Crippen LogP contribution in [0.4, 0.5) is 0 Å². The first kappa shape index (κ1) is 19.8. The molecule has 0 saturated carbocycles. The third kappa shape index (κ3) is 4.91. The molecule has 0 radical (unpaired) electrons. The van der Waals surface area contributed by atoms with E-state index in [2.05, 4.69) is 52.2 Å². The Kier molecular flexibility index (Phi) is 6.35. The normalized spacial score (nSPS) is 19.1.